The van der Waals surface area contributed by atoms with E-state index in [0.717, 1.165) is 0 Å². The van der Waals surface area contributed by atoms with Crippen LogP contribution in [0, 0.1) is 0 Å². The molecule has 0 aliphatic carbocycles. The first kappa shape index (κ1) is 16.8. The lowest BCUT2D eigenvalue weighted by Crippen LogP contribution is -2.34. The predicted octanol–water partition coefficient (Wildman–Crippen LogP) is 4.22. The summed E-state index contributed by atoms with van der Waals surface area (Å²) < 4.78 is 5.49. The fraction of sp³-hybridized carbons (Fsp3) is 0.0952. The minimum Gasteiger partial charge on any atom is -0.409 e. The fourth-order valence-electron chi connectivity index (χ4n) is 3.11. The van der Waals surface area contributed by atoms with Crippen LogP contribution in [0.1, 0.15) is 13.8 Å². The number of benzene rings is 2. The molecule has 0 saturated heterocycles. The van der Waals surface area contributed by atoms with E-state index in [-0.39, 0.29) is 11.7 Å². The zero-order valence-electron chi connectivity index (χ0n) is 14.9. The first-order valence-corrected chi connectivity index (χ1v) is 8.51. The van der Waals surface area contributed by atoms with Crippen LogP contribution in [0.25, 0.3) is 0 Å². The maximum Gasteiger partial charge on any atom is 0.424 e. The number of carbonyl (C=O) groups is 2. The number of hydrazone groups is 1. The van der Waals surface area contributed by atoms with E-state index >= 15 is 0 Å². The third-order valence-corrected chi connectivity index (χ3v) is 4.35. The Balaban J connectivity index is 1.72. The van der Waals surface area contributed by atoms with Gasteiger partial charge in [-0.3, -0.25) is 9.69 Å². The Morgan fingerprint density at radius 1 is 0.852 bits per heavy atom. The van der Waals surface area contributed by atoms with E-state index in [1.54, 1.807) is 32.1 Å². The summed E-state index contributed by atoms with van der Waals surface area (Å²) in [6, 6.07) is 18.3. The molecule has 0 saturated carbocycles. The Labute approximate surface area is 156 Å². The molecule has 0 spiro atoms. The summed E-state index contributed by atoms with van der Waals surface area (Å²) in [5, 5.41) is 5.65. The Morgan fingerprint density at radius 3 is 2.04 bits per heavy atom. The van der Waals surface area contributed by atoms with Crippen LogP contribution in [0.5, 0.6) is 0 Å². The van der Waals surface area contributed by atoms with E-state index in [4.69, 9.17) is 4.74 Å². The molecule has 6 heteroatoms. The van der Waals surface area contributed by atoms with Crippen molar-refractivity contribution in [1.29, 1.82) is 0 Å². The van der Waals surface area contributed by atoms with Crippen LogP contribution >= 0.6 is 0 Å². The maximum absolute atomic E-state index is 12.9. The van der Waals surface area contributed by atoms with E-state index < -0.39 is 6.09 Å². The molecule has 2 heterocycles. The van der Waals surface area contributed by atoms with E-state index in [9.17, 15) is 9.59 Å². The van der Waals surface area contributed by atoms with Gasteiger partial charge in [-0.05, 0) is 38.1 Å². The van der Waals surface area contributed by atoms with E-state index in [2.05, 4.69) is 5.10 Å². The highest BCUT2D eigenvalue weighted by Gasteiger charge is 2.35. The molecule has 4 rings (SSSR count). The van der Waals surface area contributed by atoms with Crippen LogP contribution in [0.15, 0.2) is 88.9 Å². The van der Waals surface area contributed by atoms with Crippen LogP contribution in [0.3, 0.4) is 0 Å². The normalized spacial score (nSPS) is 19.8. The van der Waals surface area contributed by atoms with Crippen molar-refractivity contribution in [3.8, 4) is 0 Å². The summed E-state index contributed by atoms with van der Waals surface area (Å²) in [4.78, 5) is 27.0. The van der Waals surface area contributed by atoms with Gasteiger partial charge in [0, 0.05) is 11.8 Å². The monoisotopic (exact) mass is 359 g/mol. The van der Waals surface area contributed by atoms with Gasteiger partial charge in [0.1, 0.15) is 11.3 Å². The van der Waals surface area contributed by atoms with E-state index in [1.165, 1.54) is 9.91 Å². The van der Waals surface area contributed by atoms with Gasteiger partial charge in [-0.15, -0.1) is 0 Å². The third kappa shape index (κ3) is 2.91. The minimum atomic E-state index is -0.553. The first-order valence-electron chi connectivity index (χ1n) is 8.51. The number of cyclic esters (lactones) is 1. The number of ether oxygens (including phenoxy) is 1. The second-order valence-electron chi connectivity index (χ2n) is 6.20. The number of hydrogen-bond acceptors (Lipinski definition) is 4. The quantitative estimate of drug-likeness (QED) is 0.754. The van der Waals surface area contributed by atoms with Gasteiger partial charge in [0.15, 0.2) is 0 Å². The number of hydrogen-bond donors (Lipinski definition) is 0. The molecule has 2 amide bonds. The number of carbonyl (C=O) groups excluding carboxylic acids is 2. The maximum atomic E-state index is 12.9. The molecule has 0 radical (unpaired) electrons. The molecule has 2 aromatic carbocycles. The van der Waals surface area contributed by atoms with Crippen molar-refractivity contribution in [2.75, 3.05) is 9.91 Å². The van der Waals surface area contributed by atoms with Gasteiger partial charge in [-0.2, -0.15) is 10.1 Å². The Bertz CT molecular complexity index is 1010. The van der Waals surface area contributed by atoms with Crippen LogP contribution in [0.4, 0.5) is 16.2 Å². The van der Waals surface area contributed by atoms with Gasteiger partial charge in [-0.25, -0.2) is 4.79 Å². The highest BCUT2D eigenvalue weighted by molar-refractivity contribution is 6.30. The van der Waals surface area contributed by atoms with Crippen LogP contribution in [0.2, 0.25) is 0 Å². The molecular weight excluding hydrogens is 342 g/mol. The Hall–Kier alpha value is -3.67. The van der Waals surface area contributed by atoms with E-state index in [1.807, 2.05) is 48.5 Å². The second kappa shape index (κ2) is 6.57. The number of allylic oxidation sites excluding steroid dienone is 2. The molecule has 134 valence electrons. The number of nitrogens with zero attached hydrogens (tertiary/aromatic N) is 3. The lowest BCUT2D eigenvalue weighted by molar-refractivity contribution is -0.114. The van der Waals surface area contributed by atoms with Gasteiger partial charge >= 0.3 is 6.09 Å². The smallest absolute Gasteiger partial charge is 0.409 e. The second-order valence-corrected chi connectivity index (χ2v) is 6.20. The zero-order chi connectivity index (χ0) is 19.0. The fourth-order valence-corrected chi connectivity index (χ4v) is 3.11. The first-order chi connectivity index (χ1) is 13.1. The molecule has 0 unspecified atom stereocenters. The molecule has 6 nitrogen and oxygen atoms in total. The third-order valence-electron chi connectivity index (χ3n) is 4.35. The highest BCUT2D eigenvalue weighted by atomic mass is 16.6. The molecule has 0 atom stereocenters. The lowest BCUT2D eigenvalue weighted by Gasteiger charge is -2.27. The number of anilines is 2. The standard InChI is InChI=1S/C21H17N3O3/c1-14-13-18(27-21(26)23(14)16-9-5-3-6-10-16)19-15(2)22-24(20(19)25)17-11-7-4-8-12-17/h3-13H,1-2H3/b19-18+. The summed E-state index contributed by atoms with van der Waals surface area (Å²) in [7, 11) is 0. The van der Waals surface area contributed by atoms with Crippen molar-refractivity contribution in [2.45, 2.75) is 13.8 Å². The van der Waals surface area contributed by atoms with Crippen LogP contribution in [-0.2, 0) is 9.53 Å². The SMILES string of the molecule is CC1=C/C(=C2\C(=O)N(c3ccccc3)N=C2C)OC(=O)N1c1ccccc1. The van der Waals surface area contributed by atoms with Gasteiger partial charge in [0.2, 0.25) is 0 Å². The largest absolute Gasteiger partial charge is 0.424 e. The topological polar surface area (TPSA) is 62.2 Å². The molecule has 2 aliphatic rings. The summed E-state index contributed by atoms with van der Waals surface area (Å²) in [6.07, 6.45) is 1.14. The molecule has 0 fully saturated rings. The Kier molecular flexibility index (Phi) is 4.08. The molecular formula is C21H17N3O3. The Morgan fingerprint density at radius 2 is 1.44 bits per heavy atom. The predicted molar refractivity (Wildman–Crippen MR) is 103 cm³/mol. The summed E-state index contributed by atoms with van der Waals surface area (Å²) in [5.41, 5.74) is 2.82. The number of rotatable bonds is 2. The van der Waals surface area contributed by atoms with Gasteiger partial charge in [0.25, 0.3) is 5.91 Å². The van der Waals surface area contributed by atoms with Crippen molar-refractivity contribution in [3.05, 3.63) is 83.8 Å². The summed E-state index contributed by atoms with van der Waals surface area (Å²) in [6.45, 7) is 3.53. The number of amides is 2. The lowest BCUT2D eigenvalue weighted by atomic mass is 10.1. The van der Waals surface area contributed by atoms with Crippen molar-refractivity contribution in [3.63, 3.8) is 0 Å². The average Bonchev–Trinajstić information content (AvgIpc) is 2.97. The molecule has 2 aromatic rings. The molecule has 27 heavy (non-hydrogen) atoms. The van der Waals surface area contributed by atoms with Gasteiger partial charge in [0.05, 0.1) is 17.1 Å². The molecule has 2 aliphatic heterocycles. The van der Waals surface area contributed by atoms with Crippen LogP contribution in [-0.4, -0.2) is 17.7 Å². The molecule has 0 aromatic heterocycles. The van der Waals surface area contributed by atoms with E-state index in [0.29, 0.717) is 28.4 Å². The van der Waals surface area contributed by atoms with Crippen molar-refractivity contribution in [2.24, 2.45) is 5.10 Å². The van der Waals surface area contributed by atoms with Crippen molar-refractivity contribution >= 4 is 29.1 Å². The molecule has 0 N–H and O–H groups in total. The van der Waals surface area contributed by atoms with Crippen LogP contribution < -0.4 is 9.91 Å². The zero-order valence-corrected chi connectivity index (χ0v) is 14.9. The van der Waals surface area contributed by atoms with Gasteiger partial charge < -0.3 is 4.74 Å². The summed E-state index contributed by atoms with van der Waals surface area (Å²) in [5.74, 6) is -0.104. The average molecular weight is 359 g/mol. The number of para-hydroxylation sites is 2. The van der Waals surface area contributed by atoms with Crippen molar-refractivity contribution in [1.82, 2.24) is 0 Å². The minimum absolute atomic E-state index is 0.217. The molecule has 0 bridgehead atoms. The highest BCUT2D eigenvalue weighted by Crippen LogP contribution is 2.31. The van der Waals surface area contributed by atoms with Crippen molar-refractivity contribution < 1.29 is 14.3 Å². The summed E-state index contributed by atoms with van der Waals surface area (Å²) >= 11 is 0. The van der Waals surface area contributed by atoms with Gasteiger partial charge in [-0.1, -0.05) is 36.4 Å².